The number of nitrogens with zero attached hydrogens (tertiary/aromatic N) is 5. The normalized spacial score (nSPS) is 11.0. The Labute approximate surface area is 184 Å². The van der Waals surface area contributed by atoms with Crippen LogP contribution in [0.15, 0.2) is 35.4 Å². The number of methoxy groups -OCH3 is 1. The highest BCUT2D eigenvalue weighted by Crippen LogP contribution is 2.35. The van der Waals surface area contributed by atoms with Crippen molar-refractivity contribution in [1.29, 1.82) is 5.26 Å². The number of benzene rings is 1. The summed E-state index contributed by atoms with van der Waals surface area (Å²) in [4.78, 5) is 16.3. The van der Waals surface area contributed by atoms with E-state index in [2.05, 4.69) is 20.5 Å². The molecule has 1 aromatic carbocycles. The molecule has 9 nitrogen and oxygen atoms in total. The second-order valence-corrected chi connectivity index (χ2v) is 6.69. The molecule has 0 saturated heterocycles. The number of anilines is 1. The lowest BCUT2D eigenvalue weighted by Crippen LogP contribution is -2.27. The van der Waals surface area contributed by atoms with Crippen molar-refractivity contribution in [1.82, 2.24) is 19.7 Å². The summed E-state index contributed by atoms with van der Waals surface area (Å²) in [7, 11) is 2.93. The summed E-state index contributed by atoms with van der Waals surface area (Å²) < 4.78 is 51.8. The highest BCUT2D eigenvalue weighted by molar-refractivity contribution is 6.30. The van der Waals surface area contributed by atoms with Crippen LogP contribution < -0.4 is 20.3 Å². The molecular formula is C19H14ClF3N6O3. The Bertz CT molecular complexity index is 1260. The maximum atomic E-state index is 13.5. The smallest absolute Gasteiger partial charge is 0.437 e. The molecule has 1 N–H and O–H groups in total. The Morgan fingerprint density at radius 3 is 2.62 bits per heavy atom. The number of alkyl halides is 3. The molecule has 0 aliphatic rings. The standard InChI is InChI=1S/C19H14ClF3N6O3/c1-25-14-5-11(17(31-2)28-27-14)8-29-9-26-16(19(21,22)23)15(18(29)30)32-13-4-10(7-24)3-12(20)6-13/h3-6,9H,8H2,1-2H3,(H,25,27). The van der Waals surface area contributed by atoms with Crippen LogP contribution in [-0.2, 0) is 12.7 Å². The molecule has 166 valence electrons. The van der Waals surface area contributed by atoms with Crippen molar-refractivity contribution in [2.24, 2.45) is 0 Å². The van der Waals surface area contributed by atoms with Gasteiger partial charge >= 0.3 is 6.18 Å². The van der Waals surface area contributed by atoms with E-state index in [1.54, 1.807) is 13.1 Å². The van der Waals surface area contributed by atoms with Crippen LogP contribution in [0, 0.1) is 11.3 Å². The van der Waals surface area contributed by atoms with E-state index in [1.165, 1.54) is 25.3 Å². The van der Waals surface area contributed by atoms with Crippen LogP contribution >= 0.6 is 11.6 Å². The van der Waals surface area contributed by atoms with Crippen molar-refractivity contribution >= 4 is 17.4 Å². The van der Waals surface area contributed by atoms with Crippen LogP contribution in [0.1, 0.15) is 16.8 Å². The van der Waals surface area contributed by atoms with Gasteiger partial charge in [-0.3, -0.25) is 9.36 Å². The molecule has 0 unspecified atom stereocenters. The van der Waals surface area contributed by atoms with Gasteiger partial charge in [0, 0.05) is 17.6 Å². The minimum absolute atomic E-state index is 0.0393. The predicted molar refractivity (Wildman–Crippen MR) is 107 cm³/mol. The summed E-state index contributed by atoms with van der Waals surface area (Å²) in [6.07, 6.45) is -4.23. The van der Waals surface area contributed by atoms with E-state index in [-0.39, 0.29) is 28.8 Å². The maximum Gasteiger partial charge on any atom is 0.437 e. The summed E-state index contributed by atoms with van der Waals surface area (Å²) in [5.41, 5.74) is -2.24. The number of nitriles is 1. The van der Waals surface area contributed by atoms with Gasteiger partial charge in [-0.05, 0) is 24.3 Å². The van der Waals surface area contributed by atoms with Gasteiger partial charge in [-0.25, -0.2) is 4.98 Å². The zero-order valence-corrected chi connectivity index (χ0v) is 17.3. The molecule has 3 aromatic rings. The lowest BCUT2D eigenvalue weighted by Gasteiger charge is -2.15. The molecule has 0 bridgehead atoms. The Kier molecular flexibility index (Phi) is 6.50. The Morgan fingerprint density at radius 1 is 1.25 bits per heavy atom. The van der Waals surface area contributed by atoms with Crippen molar-refractivity contribution in [3.8, 4) is 23.4 Å². The van der Waals surface area contributed by atoms with Crippen LogP contribution in [-0.4, -0.2) is 33.9 Å². The van der Waals surface area contributed by atoms with Gasteiger partial charge in [0.15, 0.2) is 5.69 Å². The van der Waals surface area contributed by atoms with Crippen molar-refractivity contribution < 1.29 is 22.6 Å². The zero-order valence-electron chi connectivity index (χ0n) is 16.6. The summed E-state index contributed by atoms with van der Waals surface area (Å²) in [6.45, 7) is -0.229. The Balaban J connectivity index is 2.11. The van der Waals surface area contributed by atoms with E-state index in [0.29, 0.717) is 11.4 Å². The quantitative estimate of drug-likeness (QED) is 0.587. The van der Waals surface area contributed by atoms with E-state index < -0.39 is 23.2 Å². The van der Waals surface area contributed by atoms with Gasteiger partial charge in [0.2, 0.25) is 11.6 Å². The third-order valence-corrected chi connectivity index (χ3v) is 4.33. The average Bonchev–Trinajstić information content (AvgIpc) is 2.75. The molecule has 2 aromatic heterocycles. The van der Waals surface area contributed by atoms with Gasteiger partial charge in [-0.2, -0.15) is 18.4 Å². The van der Waals surface area contributed by atoms with E-state index >= 15 is 0 Å². The zero-order chi connectivity index (χ0) is 23.5. The van der Waals surface area contributed by atoms with E-state index in [0.717, 1.165) is 17.0 Å². The first-order valence-electron chi connectivity index (χ1n) is 8.79. The number of halogens is 4. The molecule has 0 spiro atoms. The highest BCUT2D eigenvalue weighted by atomic mass is 35.5. The summed E-state index contributed by atoms with van der Waals surface area (Å²) >= 11 is 5.88. The molecule has 32 heavy (non-hydrogen) atoms. The first kappa shape index (κ1) is 22.8. The number of nitrogens with one attached hydrogen (secondary N) is 1. The fourth-order valence-electron chi connectivity index (χ4n) is 2.69. The number of hydrogen-bond acceptors (Lipinski definition) is 8. The fraction of sp³-hybridized carbons (Fsp3) is 0.211. The number of rotatable bonds is 6. The van der Waals surface area contributed by atoms with Crippen molar-refractivity contribution in [3.63, 3.8) is 0 Å². The maximum absolute atomic E-state index is 13.5. The first-order valence-corrected chi connectivity index (χ1v) is 9.17. The van der Waals surface area contributed by atoms with E-state index in [9.17, 15) is 18.0 Å². The topological polar surface area (TPSA) is 115 Å². The minimum Gasteiger partial charge on any atom is -0.480 e. The third kappa shape index (κ3) is 4.89. The Hall–Kier alpha value is -3.85. The summed E-state index contributed by atoms with van der Waals surface area (Å²) in [5.74, 6) is -0.863. The second kappa shape index (κ2) is 9.11. The third-order valence-electron chi connectivity index (χ3n) is 4.11. The van der Waals surface area contributed by atoms with Crippen LogP contribution in [0.5, 0.6) is 17.4 Å². The molecule has 13 heteroatoms. The molecule has 0 aliphatic carbocycles. The molecule has 3 rings (SSSR count). The largest absolute Gasteiger partial charge is 0.480 e. The first-order chi connectivity index (χ1) is 15.2. The molecule has 2 heterocycles. The van der Waals surface area contributed by atoms with Crippen LogP contribution in [0.3, 0.4) is 0 Å². The lowest BCUT2D eigenvalue weighted by atomic mass is 10.2. The van der Waals surface area contributed by atoms with Crippen molar-refractivity contribution in [2.45, 2.75) is 12.7 Å². The molecule has 0 saturated carbocycles. The van der Waals surface area contributed by atoms with Gasteiger partial charge in [-0.15, -0.1) is 10.2 Å². The molecular weight excluding hydrogens is 453 g/mol. The van der Waals surface area contributed by atoms with Crippen LogP contribution in [0.2, 0.25) is 5.02 Å². The van der Waals surface area contributed by atoms with E-state index in [1.807, 2.05) is 0 Å². The highest BCUT2D eigenvalue weighted by Gasteiger charge is 2.38. The van der Waals surface area contributed by atoms with Crippen LogP contribution in [0.4, 0.5) is 19.0 Å². The lowest BCUT2D eigenvalue weighted by molar-refractivity contribution is -0.142. The van der Waals surface area contributed by atoms with Gasteiger partial charge in [0.05, 0.1) is 31.6 Å². The van der Waals surface area contributed by atoms with Crippen LogP contribution in [0.25, 0.3) is 0 Å². The van der Waals surface area contributed by atoms with Gasteiger partial charge < -0.3 is 14.8 Å². The molecule has 0 atom stereocenters. The van der Waals surface area contributed by atoms with Gasteiger partial charge in [0.1, 0.15) is 11.6 Å². The Morgan fingerprint density at radius 2 is 2.00 bits per heavy atom. The van der Waals surface area contributed by atoms with E-state index in [4.69, 9.17) is 26.3 Å². The summed E-state index contributed by atoms with van der Waals surface area (Å²) in [5, 5.41) is 19.5. The van der Waals surface area contributed by atoms with Crippen molar-refractivity contribution in [2.75, 3.05) is 19.5 Å². The molecule has 0 fully saturated rings. The van der Waals surface area contributed by atoms with Gasteiger partial charge in [0.25, 0.3) is 5.56 Å². The second-order valence-electron chi connectivity index (χ2n) is 6.26. The van der Waals surface area contributed by atoms with Crippen molar-refractivity contribution in [3.05, 3.63) is 62.8 Å². The molecule has 0 radical (unpaired) electrons. The number of hydrogen-bond donors (Lipinski definition) is 1. The monoisotopic (exact) mass is 466 g/mol. The minimum atomic E-state index is -4.97. The molecule has 0 aliphatic heterocycles. The predicted octanol–water partition coefficient (Wildman–Crippen LogP) is 3.47. The number of aromatic nitrogens is 4. The fourth-order valence-corrected chi connectivity index (χ4v) is 2.92. The van der Waals surface area contributed by atoms with Gasteiger partial charge in [-0.1, -0.05) is 11.6 Å². The SMILES string of the molecule is CNc1cc(Cn2cnc(C(F)(F)F)c(Oc3cc(Cl)cc(C#N)c3)c2=O)c(OC)nn1. The average molecular weight is 467 g/mol. The number of ether oxygens (including phenoxy) is 2. The molecule has 0 amide bonds. The summed E-state index contributed by atoms with van der Waals surface area (Å²) in [6, 6.07) is 6.94.